The fourth-order valence-electron chi connectivity index (χ4n) is 3.51. The molecule has 1 N–H and O–H groups in total. The summed E-state index contributed by atoms with van der Waals surface area (Å²) in [6.07, 6.45) is 2.00. The monoisotopic (exact) mass is 368 g/mol. The molecule has 0 radical (unpaired) electrons. The first-order valence-corrected chi connectivity index (χ1v) is 9.31. The fourth-order valence-corrected chi connectivity index (χ4v) is 3.68. The number of hydrogen-bond donors (Lipinski definition) is 1. The average Bonchev–Trinajstić information content (AvgIpc) is 2.61. The van der Waals surface area contributed by atoms with Crippen LogP contribution in [0.2, 0.25) is 5.02 Å². The van der Waals surface area contributed by atoms with Gasteiger partial charge in [-0.2, -0.15) is 0 Å². The second kappa shape index (κ2) is 8.34. The van der Waals surface area contributed by atoms with Crippen LogP contribution in [0.4, 0.5) is 14.9 Å². The zero-order chi connectivity index (χ0) is 17.8. The molecule has 1 aromatic carbocycles. The van der Waals surface area contributed by atoms with Crippen molar-refractivity contribution in [1.82, 2.24) is 14.7 Å². The number of amides is 2. The molecule has 0 aliphatic carbocycles. The molecular formula is C18H26ClFN4O. The molecule has 2 fully saturated rings. The number of urea groups is 1. The second-order valence-corrected chi connectivity index (χ2v) is 7.47. The summed E-state index contributed by atoms with van der Waals surface area (Å²) >= 11 is 5.76. The average molecular weight is 369 g/mol. The Morgan fingerprint density at radius 3 is 2.56 bits per heavy atom. The van der Waals surface area contributed by atoms with Crippen molar-refractivity contribution in [1.29, 1.82) is 0 Å². The van der Waals surface area contributed by atoms with E-state index in [4.69, 9.17) is 11.6 Å². The van der Waals surface area contributed by atoms with Gasteiger partial charge in [-0.3, -0.25) is 0 Å². The SMILES string of the molecule is CN1CCN(CC2CCN(C(=O)Nc3cccc(Cl)c3F)CC2)CC1. The van der Waals surface area contributed by atoms with Crippen molar-refractivity contribution in [3.8, 4) is 0 Å². The van der Waals surface area contributed by atoms with Gasteiger partial charge in [0.15, 0.2) is 5.82 Å². The van der Waals surface area contributed by atoms with E-state index in [1.165, 1.54) is 12.1 Å². The van der Waals surface area contributed by atoms with Crippen LogP contribution in [-0.2, 0) is 0 Å². The van der Waals surface area contributed by atoms with Crippen molar-refractivity contribution in [3.05, 3.63) is 29.0 Å². The zero-order valence-corrected chi connectivity index (χ0v) is 15.4. The van der Waals surface area contributed by atoms with Gasteiger partial charge in [0.1, 0.15) is 0 Å². The summed E-state index contributed by atoms with van der Waals surface area (Å²) in [5.41, 5.74) is 0.136. The third kappa shape index (κ3) is 4.84. The molecule has 138 valence electrons. The smallest absolute Gasteiger partial charge is 0.321 e. The van der Waals surface area contributed by atoms with E-state index in [0.717, 1.165) is 45.6 Å². The number of piperazine rings is 1. The van der Waals surface area contributed by atoms with E-state index in [1.807, 2.05) is 0 Å². The summed E-state index contributed by atoms with van der Waals surface area (Å²) in [7, 11) is 2.16. The van der Waals surface area contributed by atoms with Gasteiger partial charge in [-0.05, 0) is 37.9 Å². The van der Waals surface area contributed by atoms with E-state index < -0.39 is 5.82 Å². The Labute approximate surface area is 153 Å². The first-order chi connectivity index (χ1) is 12.0. The summed E-state index contributed by atoms with van der Waals surface area (Å²) in [6, 6.07) is 4.37. The normalized spacial score (nSPS) is 20.7. The molecule has 25 heavy (non-hydrogen) atoms. The van der Waals surface area contributed by atoms with Crippen molar-refractivity contribution in [3.63, 3.8) is 0 Å². The molecule has 2 saturated heterocycles. The minimum Gasteiger partial charge on any atom is -0.325 e. The third-order valence-corrected chi connectivity index (χ3v) is 5.50. The molecule has 0 spiro atoms. The van der Waals surface area contributed by atoms with Crippen LogP contribution in [0.1, 0.15) is 12.8 Å². The molecule has 2 heterocycles. The quantitative estimate of drug-likeness (QED) is 0.891. The number of nitrogens with zero attached hydrogens (tertiary/aromatic N) is 3. The van der Waals surface area contributed by atoms with Gasteiger partial charge >= 0.3 is 6.03 Å². The largest absolute Gasteiger partial charge is 0.325 e. The van der Waals surface area contributed by atoms with E-state index in [9.17, 15) is 9.18 Å². The Hall–Kier alpha value is -1.37. The highest BCUT2D eigenvalue weighted by Gasteiger charge is 2.25. The van der Waals surface area contributed by atoms with E-state index in [1.54, 1.807) is 11.0 Å². The number of likely N-dealkylation sites (N-methyl/N-ethyl adjacent to an activating group) is 1. The number of anilines is 1. The number of piperidine rings is 1. The molecule has 1 aromatic rings. The van der Waals surface area contributed by atoms with E-state index in [0.29, 0.717) is 19.0 Å². The molecule has 5 nitrogen and oxygen atoms in total. The Balaban J connectivity index is 1.45. The van der Waals surface area contributed by atoms with Crippen LogP contribution in [0.5, 0.6) is 0 Å². The lowest BCUT2D eigenvalue weighted by atomic mass is 9.96. The van der Waals surface area contributed by atoms with Crippen LogP contribution in [0.3, 0.4) is 0 Å². The van der Waals surface area contributed by atoms with E-state index in [-0.39, 0.29) is 16.7 Å². The van der Waals surface area contributed by atoms with Gasteiger partial charge in [0.2, 0.25) is 0 Å². The molecular weight excluding hydrogens is 343 g/mol. The minimum atomic E-state index is -0.581. The highest BCUT2D eigenvalue weighted by atomic mass is 35.5. The lowest BCUT2D eigenvalue weighted by Crippen LogP contribution is -2.48. The van der Waals surface area contributed by atoms with Crippen LogP contribution in [0, 0.1) is 11.7 Å². The third-order valence-electron chi connectivity index (χ3n) is 5.21. The number of halogens is 2. The van der Waals surface area contributed by atoms with Gasteiger partial charge in [-0.1, -0.05) is 17.7 Å². The lowest BCUT2D eigenvalue weighted by molar-refractivity contribution is 0.113. The Kier molecular flexibility index (Phi) is 6.15. The van der Waals surface area contributed by atoms with Crippen LogP contribution >= 0.6 is 11.6 Å². The van der Waals surface area contributed by atoms with E-state index in [2.05, 4.69) is 22.2 Å². The van der Waals surface area contributed by atoms with Gasteiger partial charge in [0.05, 0.1) is 10.7 Å². The Morgan fingerprint density at radius 2 is 1.88 bits per heavy atom. The first-order valence-electron chi connectivity index (χ1n) is 8.94. The van der Waals surface area contributed by atoms with E-state index >= 15 is 0 Å². The van der Waals surface area contributed by atoms with Crippen molar-refractivity contribution in [2.45, 2.75) is 12.8 Å². The maximum Gasteiger partial charge on any atom is 0.321 e. The van der Waals surface area contributed by atoms with Gasteiger partial charge in [-0.15, -0.1) is 0 Å². The van der Waals surface area contributed by atoms with Crippen molar-refractivity contribution in [2.75, 3.05) is 58.2 Å². The van der Waals surface area contributed by atoms with Crippen LogP contribution in [-0.4, -0.2) is 73.6 Å². The van der Waals surface area contributed by atoms with Crippen LogP contribution in [0.15, 0.2) is 18.2 Å². The number of benzene rings is 1. The first kappa shape index (κ1) is 18.4. The number of likely N-dealkylation sites (tertiary alicyclic amines) is 1. The van der Waals surface area contributed by atoms with Crippen molar-refractivity contribution >= 4 is 23.3 Å². The summed E-state index contributed by atoms with van der Waals surface area (Å²) in [4.78, 5) is 19.0. The molecule has 7 heteroatoms. The van der Waals surface area contributed by atoms with Gasteiger partial charge in [-0.25, -0.2) is 9.18 Å². The fraction of sp³-hybridized carbons (Fsp3) is 0.611. The molecule has 0 bridgehead atoms. The molecule has 2 aliphatic heterocycles. The number of hydrogen-bond acceptors (Lipinski definition) is 3. The lowest BCUT2D eigenvalue weighted by Gasteiger charge is -2.37. The minimum absolute atomic E-state index is 0.0173. The van der Waals surface area contributed by atoms with Crippen molar-refractivity contribution < 1.29 is 9.18 Å². The molecule has 0 aromatic heterocycles. The summed E-state index contributed by atoms with van der Waals surface area (Å²) in [5, 5.41) is 2.65. The maximum atomic E-state index is 13.9. The molecule has 0 unspecified atom stereocenters. The number of carbonyl (C=O) groups excluding carboxylic acids is 1. The van der Waals surface area contributed by atoms with Crippen LogP contribution < -0.4 is 5.32 Å². The molecule has 3 rings (SSSR count). The molecule has 2 aliphatic rings. The van der Waals surface area contributed by atoms with Gasteiger partial charge in [0, 0.05) is 45.8 Å². The van der Waals surface area contributed by atoms with Crippen molar-refractivity contribution in [2.24, 2.45) is 5.92 Å². The standard InChI is InChI=1S/C18H26ClFN4O/c1-22-9-11-23(12-10-22)13-14-5-7-24(8-6-14)18(25)21-16-4-2-3-15(19)17(16)20/h2-4,14H,5-13H2,1H3,(H,21,25). The second-order valence-electron chi connectivity index (χ2n) is 7.07. The zero-order valence-electron chi connectivity index (χ0n) is 14.7. The summed E-state index contributed by atoms with van der Waals surface area (Å²) in [6.45, 7) is 7.07. The molecule has 0 saturated carbocycles. The number of rotatable bonds is 3. The number of carbonyl (C=O) groups is 1. The Morgan fingerprint density at radius 1 is 1.20 bits per heavy atom. The summed E-state index contributed by atoms with van der Waals surface area (Å²) < 4.78 is 13.9. The summed E-state index contributed by atoms with van der Waals surface area (Å²) in [5.74, 6) is 0.0535. The topological polar surface area (TPSA) is 38.8 Å². The highest BCUT2D eigenvalue weighted by Crippen LogP contribution is 2.24. The Bertz CT molecular complexity index is 599. The van der Waals surface area contributed by atoms with Gasteiger partial charge < -0.3 is 20.0 Å². The number of nitrogens with one attached hydrogen (secondary N) is 1. The predicted molar refractivity (Wildman–Crippen MR) is 98.7 cm³/mol. The predicted octanol–water partition coefficient (Wildman–Crippen LogP) is 2.97. The van der Waals surface area contributed by atoms with Gasteiger partial charge in [0.25, 0.3) is 0 Å². The molecule has 0 atom stereocenters. The highest BCUT2D eigenvalue weighted by molar-refractivity contribution is 6.31. The van der Waals surface area contributed by atoms with Crippen LogP contribution in [0.25, 0.3) is 0 Å². The maximum absolute atomic E-state index is 13.9. The molecule has 2 amide bonds.